The second kappa shape index (κ2) is 6.35. The van der Waals surface area contributed by atoms with Gasteiger partial charge in [0.25, 0.3) is 10.0 Å². The summed E-state index contributed by atoms with van der Waals surface area (Å²) in [5.41, 5.74) is 0.673. The van der Waals surface area contributed by atoms with E-state index < -0.39 is 10.0 Å². The Kier molecular flexibility index (Phi) is 5.00. The fraction of sp³-hybridized carbons (Fsp3) is 0.692. The Balaban J connectivity index is 2.30. The van der Waals surface area contributed by atoms with Gasteiger partial charge in [0.2, 0.25) is 0 Å². The van der Waals surface area contributed by atoms with Gasteiger partial charge in [0.15, 0.2) is 0 Å². The normalized spacial score (nSPS) is 22.3. The van der Waals surface area contributed by atoms with Crippen LogP contribution in [0.15, 0.2) is 15.7 Å². The molecule has 1 aliphatic heterocycles. The molecule has 0 aliphatic carbocycles. The van der Waals surface area contributed by atoms with Gasteiger partial charge >= 0.3 is 0 Å². The summed E-state index contributed by atoms with van der Waals surface area (Å²) in [4.78, 5) is 0. The van der Waals surface area contributed by atoms with Crippen LogP contribution in [0.1, 0.15) is 44.6 Å². The van der Waals surface area contributed by atoms with E-state index in [0.29, 0.717) is 16.3 Å². The third-order valence-electron chi connectivity index (χ3n) is 3.67. The van der Waals surface area contributed by atoms with Crippen LogP contribution in [0.2, 0.25) is 0 Å². The minimum atomic E-state index is -3.40. The molecule has 1 fully saturated rings. The van der Waals surface area contributed by atoms with Gasteiger partial charge in [-0.2, -0.15) is 4.31 Å². The molecule has 1 aliphatic rings. The number of sulfonamides is 1. The predicted molar refractivity (Wildman–Crippen MR) is 76.7 cm³/mol. The van der Waals surface area contributed by atoms with Crippen LogP contribution in [0.5, 0.6) is 0 Å². The number of hydrogen-bond acceptors (Lipinski definition) is 4. The summed E-state index contributed by atoms with van der Waals surface area (Å²) in [6.07, 6.45) is 4.96. The van der Waals surface area contributed by atoms with Crippen LogP contribution in [0, 0.1) is 0 Å². The Labute approximate surface area is 119 Å². The van der Waals surface area contributed by atoms with Crippen molar-refractivity contribution in [2.45, 2.75) is 55.9 Å². The monoisotopic (exact) mass is 303 g/mol. The van der Waals surface area contributed by atoms with E-state index in [1.165, 1.54) is 11.3 Å². The third kappa shape index (κ3) is 3.18. The van der Waals surface area contributed by atoms with Crippen LogP contribution in [-0.2, 0) is 16.6 Å². The average Bonchev–Trinajstić information content (AvgIpc) is 2.76. The first-order chi connectivity index (χ1) is 9.09. The zero-order valence-electron chi connectivity index (χ0n) is 11.2. The van der Waals surface area contributed by atoms with Gasteiger partial charge in [0, 0.05) is 12.6 Å². The van der Waals surface area contributed by atoms with Crippen LogP contribution in [-0.4, -0.2) is 30.4 Å². The number of thiophene rings is 1. The van der Waals surface area contributed by atoms with Crippen molar-refractivity contribution in [3.63, 3.8) is 0 Å². The first-order valence-corrected chi connectivity index (χ1v) is 9.11. The SMILES string of the molecule is CCC1CCCCCN1S(=O)(=O)c1cc(CO)cs1. The molecule has 1 N–H and O–H groups in total. The number of rotatable bonds is 4. The highest BCUT2D eigenvalue weighted by Crippen LogP contribution is 2.29. The molecule has 1 saturated heterocycles. The number of hydrogen-bond donors (Lipinski definition) is 1. The van der Waals surface area contributed by atoms with Crippen molar-refractivity contribution >= 4 is 21.4 Å². The smallest absolute Gasteiger partial charge is 0.252 e. The molecular weight excluding hydrogens is 282 g/mol. The fourth-order valence-corrected chi connectivity index (χ4v) is 5.66. The maximum absolute atomic E-state index is 12.7. The lowest BCUT2D eigenvalue weighted by molar-refractivity contribution is 0.282. The molecule has 4 nitrogen and oxygen atoms in total. The molecule has 0 saturated carbocycles. The highest BCUT2D eigenvalue weighted by atomic mass is 32.2. The summed E-state index contributed by atoms with van der Waals surface area (Å²) in [6, 6.07) is 1.71. The Morgan fingerprint density at radius 3 is 2.84 bits per heavy atom. The minimum Gasteiger partial charge on any atom is -0.392 e. The summed E-state index contributed by atoms with van der Waals surface area (Å²) in [5.74, 6) is 0. The van der Waals surface area contributed by atoms with E-state index in [4.69, 9.17) is 5.11 Å². The lowest BCUT2D eigenvalue weighted by atomic mass is 10.1. The molecule has 108 valence electrons. The molecule has 0 aromatic carbocycles. The quantitative estimate of drug-likeness (QED) is 0.930. The Morgan fingerprint density at radius 2 is 2.21 bits per heavy atom. The Bertz CT molecular complexity index is 510. The predicted octanol–water partition coefficient (Wildman–Crippen LogP) is 2.58. The molecule has 0 radical (unpaired) electrons. The number of nitrogens with zero attached hydrogens (tertiary/aromatic N) is 1. The maximum Gasteiger partial charge on any atom is 0.252 e. The van der Waals surface area contributed by atoms with Gasteiger partial charge in [0.05, 0.1) is 6.61 Å². The van der Waals surface area contributed by atoms with Crippen molar-refractivity contribution in [2.24, 2.45) is 0 Å². The van der Waals surface area contributed by atoms with E-state index in [9.17, 15) is 8.42 Å². The first-order valence-electron chi connectivity index (χ1n) is 6.79. The summed E-state index contributed by atoms with van der Waals surface area (Å²) in [7, 11) is -3.40. The fourth-order valence-electron chi connectivity index (χ4n) is 2.56. The van der Waals surface area contributed by atoms with E-state index in [0.717, 1.165) is 32.1 Å². The molecule has 19 heavy (non-hydrogen) atoms. The average molecular weight is 303 g/mol. The van der Waals surface area contributed by atoms with Gasteiger partial charge < -0.3 is 5.11 Å². The van der Waals surface area contributed by atoms with E-state index in [-0.39, 0.29) is 12.6 Å². The van der Waals surface area contributed by atoms with Gasteiger partial charge in [-0.1, -0.05) is 19.8 Å². The van der Waals surface area contributed by atoms with E-state index in [1.54, 1.807) is 15.8 Å². The van der Waals surface area contributed by atoms with E-state index in [1.807, 2.05) is 6.92 Å². The molecule has 0 bridgehead atoms. The van der Waals surface area contributed by atoms with Crippen molar-refractivity contribution in [3.8, 4) is 0 Å². The molecule has 1 aromatic heterocycles. The van der Waals surface area contributed by atoms with Crippen LogP contribution < -0.4 is 0 Å². The molecule has 2 heterocycles. The molecule has 1 aromatic rings. The lowest BCUT2D eigenvalue weighted by Crippen LogP contribution is -2.39. The van der Waals surface area contributed by atoms with Gasteiger partial charge in [-0.3, -0.25) is 0 Å². The molecule has 0 amide bonds. The Hall–Kier alpha value is -0.430. The van der Waals surface area contributed by atoms with Crippen LogP contribution in [0.25, 0.3) is 0 Å². The lowest BCUT2D eigenvalue weighted by Gasteiger charge is -2.27. The molecule has 1 unspecified atom stereocenters. The standard InChI is InChI=1S/C13H21NO3S2/c1-2-12-6-4-3-5-7-14(12)19(16,17)13-8-11(9-15)10-18-13/h8,10,12,15H,2-7,9H2,1H3. The van der Waals surface area contributed by atoms with Crippen LogP contribution in [0.3, 0.4) is 0 Å². The highest BCUT2D eigenvalue weighted by molar-refractivity contribution is 7.91. The molecule has 6 heteroatoms. The van der Waals surface area contributed by atoms with Crippen LogP contribution in [0.4, 0.5) is 0 Å². The summed E-state index contributed by atoms with van der Waals surface area (Å²) < 4.78 is 27.4. The van der Waals surface area contributed by atoms with Crippen molar-refractivity contribution in [1.29, 1.82) is 0 Å². The minimum absolute atomic E-state index is 0.108. The molecule has 1 atom stereocenters. The van der Waals surface area contributed by atoms with Gasteiger partial charge in [0.1, 0.15) is 4.21 Å². The van der Waals surface area contributed by atoms with E-state index in [2.05, 4.69) is 0 Å². The van der Waals surface area contributed by atoms with Crippen molar-refractivity contribution in [3.05, 3.63) is 17.0 Å². The second-order valence-corrected chi connectivity index (χ2v) is 7.99. The number of aliphatic hydroxyl groups excluding tert-OH is 1. The topological polar surface area (TPSA) is 57.6 Å². The maximum atomic E-state index is 12.7. The van der Waals surface area contributed by atoms with Gasteiger partial charge in [-0.05, 0) is 36.3 Å². The summed E-state index contributed by atoms with van der Waals surface area (Å²) >= 11 is 1.20. The van der Waals surface area contributed by atoms with Gasteiger partial charge in [-0.25, -0.2) is 8.42 Å². The second-order valence-electron chi connectivity index (χ2n) is 4.96. The van der Waals surface area contributed by atoms with Crippen molar-refractivity contribution in [1.82, 2.24) is 4.31 Å². The molecular formula is C13H21NO3S2. The van der Waals surface area contributed by atoms with Crippen LogP contribution >= 0.6 is 11.3 Å². The van der Waals surface area contributed by atoms with Crippen molar-refractivity contribution in [2.75, 3.05) is 6.54 Å². The van der Waals surface area contributed by atoms with Gasteiger partial charge in [-0.15, -0.1) is 11.3 Å². The van der Waals surface area contributed by atoms with Crippen molar-refractivity contribution < 1.29 is 13.5 Å². The number of aliphatic hydroxyl groups is 1. The Morgan fingerprint density at radius 1 is 1.42 bits per heavy atom. The zero-order valence-corrected chi connectivity index (χ0v) is 12.8. The third-order valence-corrected chi connectivity index (χ3v) is 7.09. The zero-order chi connectivity index (χ0) is 13.9. The summed E-state index contributed by atoms with van der Waals surface area (Å²) in [5, 5.41) is 10.8. The summed E-state index contributed by atoms with van der Waals surface area (Å²) in [6.45, 7) is 2.56. The molecule has 0 spiro atoms. The highest BCUT2D eigenvalue weighted by Gasteiger charge is 2.32. The molecule has 2 rings (SSSR count). The largest absolute Gasteiger partial charge is 0.392 e. The first kappa shape index (κ1) is 15.0. The van der Waals surface area contributed by atoms with E-state index >= 15 is 0 Å².